The van der Waals surface area contributed by atoms with E-state index >= 15 is 0 Å². The van der Waals surface area contributed by atoms with Crippen LogP contribution in [0.4, 0.5) is 17.3 Å². The molecule has 0 aliphatic carbocycles. The Balaban J connectivity index is 2.22. The van der Waals surface area contributed by atoms with Crippen LogP contribution in [-0.4, -0.2) is 11.5 Å². The molecule has 2 aromatic rings. The van der Waals surface area contributed by atoms with Crippen LogP contribution in [0.1, 0.15) is 12.5 Å². The Labute approximate surface area is 112 Å². The first kappa shape index (κ1) is 12.7. The maximum atomic E-state index is 6.14. The molecule has 0 unspecified atom stereocenters. The van der Waals surface area contributed by atoms with Gasteiger partial charge >= 0.3 is 0 Å². The summed E-state index contributed by atoms with van der Waals surface area (Å²) in [5.41, 5.74) is 2.03. The summed E-state index contributed by atoms with van der Waals surface area (Å²) in [5.74, 6) is 1.63. The Morgan fingerprint density at radius 3 is 2.72 bits per heavy atom. The minimum absolute atomic E-state index is 0.691. The molecule has 4 heteroatoms. The van der Waals surface area contributed by atoms with Crippen LogP contribution in [0.25, 0.3) is 0 Å². The van der Waals surface area contributed by atoms with Crippen molar-refractivity contribution in [3.05, 3.63) is 47.0 Å². The summed E-state index contributed by atoms with van der Waals surface area (Å²) < 4.78 is 0. The van der Waals surface area contributed by atoms with Crippen molar-refractivity contribution in [2.75, 3.05) is 17.2 Å². The third kappa shape index (κ3) is 3.14. The normalized spacial score (nSPS) is 10.2. The number of aryl methyl sites for hydroxylation is 1. The monoisotopic (exact) mass is 261 g/mol. The van der Waals surface area contributed by atoms with Crippen LogP contribution >= 0.6 is 11.6 Å². The smallest absolute Gasteiger partial charge is 0.132 e. The lowest BCUT2D eigenvalue weighted by Gasteiger charge is -2.10. The second-order valence-corrected chi connectivity index (χ2v) is 4.45. The molecule has 0 radical (unpaired) electrons. The summed E-state index contributed by atoms with van der Waals surface area (Å²) >= 11 is 6.14. The van der Waals surface area contributed by atoms with Gasteiger partial charge in [-0.2, -0.15) is 0 Å². The third-order valence-electron chi connectivity index (χ3n) is 2.49. The van der Waals surface area contributed by atoms with Gasteiger partial charge < -0.3 is 10.6 Å². The standard InChI is InChI=1S/C14H16ClN3/c1-3-16-13-5-4-6-14(18-13)17-12-9-10(2)7-8-11(12)15/h4-9H,3H2,1-2H3,(H2,16,17,18). The Morgan fingerprint density at radius 2 is 1.94 bits per heavy atom. The summed E-state index contributed by atoms with van der Waals surface area (Å²) in [5, 5.41) is 7.10. The van der Waals surface area contributed by atoms with Gasteiger partial charge in [0, 0.05) is 6.54 Å². The molecule has 1 heterocycles. The lowest BCUT2D eigenvalue weighted by molar-refractivity contribution is 1.16. The summed E-state index contributed by atoms with van der Waals surface area (Å²) in [4.78, 5) is 4.45. The highest BCUT2D eigenvalue weighted by Gasteiger charge is 2.02. The molecule has 0 amide bonds. The zero-order valence-corrected chi connectivity index (χ0v) is 11.3. The fraction of sp³-hybridized carbons (Fsp3) is 0.214. The fourth-order valence-electron chi connectivity index (χ4n) is 1.66. The maximum absolute atomic E-state index is 6.14. The molecular formula is C14H16ClN3. The molecule has 3 nitrogen and oxygen atoms in total. The van der Waals surface area contributed by atoms with E-state index in [1.165, 1.54) is 0 Å². The zero-order chi connectivity index (χ0) is 13.0. The van der Waals surface area contributed by atoms with Gasteiger partial charge in [-0.05, 0) is 43.7 Å². The van der Waals surface area contributed by atoms with Crippen LogP contribution in [0.5, 0.6) is 0 Å². The second kappa shape index (κ2) is 5.74. The van der Waals surface area contributed by atoms with Crippen LogP contribution in [0.15, 0.2) is 36.4 Å². The molecule has 0 saturated carbocycles. The number of halogens is 1. The zero-order valence-electron chi connectivity index (χ0n) is 10.5. The Hall–Kier alpha value is -1.74. The minimum atomic E-state index is 0.691. The van der Waals surface area contributed by atoms with E-state index in [0.717, 1.165) is 29.4 Å². The largest absolute Gasteiger partial charge is 0.370 e. The number of nitrogens with zero attached hydrogens (tertiary/aromatic N) is 1. The van der Waals surface area contributed by atoms with E-state index in [4.69, 9.17) is 11.6 Å². The average Bonchev–Trinajstić information content (AvgIpc) is 2.35. The number of hydrogen-bond acceptors (Lipinski definition) is 3. The van der Waals surface area contributed by atoms with Gasteiger partial charge in [0.25, 0.3) is 0 Å². The number of aromatic nitrogens is 1. The number of anilines is 3. The van der Waals surface area contributed by atoms with E-state index in [0.29, 0.717) is 5.02 Å². The molecule has 2 rings (SSSR count). The van der Waals surface area contributed by atoms with Gasteiger partial charge in [-0.25, -0.2) is 4.98 Å². The molecule has 1 aromatic carbocycles. The van der Waals surface area contributed by atoms with Crippen molar-refractivity contribution in [1.29, 1.82) is 0 Å². The van der Waals surface area contributed by atoms with Crippen LogP contribution in [0, 0.1) is 6.92 Å². The van der Waals surface area contributed by atoms with Gasteiger partial charge in [-0.3, -0.25) is 0 Å². The van der Waals surface area contributed by atoms with E-state index < -0.39 is 0 Å². The van der Waals surface area contributed by atoms with Gasteiger partial charge in [0.2, 0.25) is 0 Å². The number of pyridine rings is 1. The molecule has 0 saturated heterocycles. The summed E-state index contributed by atoms with van der Waals surface area (Å²) in [6, 6.07) is 11.7. The number of nitrogens with one attached hydrogen (secondary N) is 2. The van der Waals surface area contributed by atoms with Crippen molar-refractivity contribution < 1.29 is 0 Å². The maximum Gasteiger partial charge on any atom is 0.132 e. The molecule has 0 bridgehead atoms. The van der Waals surface area contributed by atoms with Crippen molar-refractivity contribution in [1.82, 2.24) is 4.98 Å². The van der Waals surface area contributed by atoms with Crippen molar-refractivity contribution in [3.63, 3.8) is 0 Å². The van der Waals surface area contributed by atoms with Crippen LogP contribution < -0.4 is 10.6 Å². The molecule has 0 spiro atoms. The van der Waals surface area contributed by atoms with Crippen LogP contribution in [0.2, 0.25) is 5.02 Å². The Morgan fingerprint density at radius 1 is 1.17 bits per heavy atom. The molecule has 0 aliphatic heterocycles. The first-order valence-corrected chi connectivity index (χ1v) is 6.31. The summed E-state index contributed by atoms with van der Waals surface area (Å²) in [7, 11) is 0. The van der Waals surface area contributed by atoms with E-state index in [1.807, 2.05) is 50.2 Å². The molecule has 0 atom stereocenters. The molecule has 18 heavy (non-hydrogen) atoms. The highest BCUT2D eigenvalue weighted by Crippen LogP contribution is 2.26. The highest BCUT2D eigenvalue weighted by atomic mass is 35.5. The van der Waals surface area contributed by atoms with Gasteiger partial charge in [0.05, 0.1) is 10.7 Å². The van der Waals surface area contributed by atoms with E-state index in [-0.39, 0.29) is 0 Å². The highest BCUT2D eigenvalue weighted by molar-refractivity contribution is 6.33. The molecule has 1 aromatic heterocycles. The SMILES string of the molecule is CCNc1cccc(Nc2cc(C)ccc2Cl)n1. The van der Waals surface area contributed by atoms with Gasteiger partial charge in [-0.15, -0.1) is 0 Å². The van der Waals surface area contributed by atoms with Gasteiger partial charge in [0.1, 0.15) is 11.6 Å². The summed E-state index contributed by atoms with van der Waals surface area (Å²) in [6.07, 6.45) is 0. The van der Waals surface area contributed by atoms with E-state index in [2.05, 4.69) is 15.6 Å². The third-order valence-corrected chi connectivity index (χ3v) is 2.82. The first-order valence-electron chi connectivity index (χ1n) is 5.93. The van der Waals surface area contributed by atoms with Crippen LogP contribution in [0.3, 0.4) is 0 Å². The lowest BCUT2D eigenvalue weighted by Crippen LogP contribution is -2.01. The predicted octanol–water partition coefficient (Wildman–Crippen LogP) is 4.22. The molecule has 94 valence electrons. The quantitative estimate of drug-likeness (QED) is 0.865. The van der Waals surface area contributed by atoms with Crippen molar-refractivity contribution >= 4 is 28.9 Å². The van der Waals surface area contributed by atoms with E-state index in [1.54, 1.807) is 0 Å². The predicted molar refractivity (Wildman–Crippen MR) is 77.9 cm³/mol. The first-order chi connectivity index (χ1) is 8.69. The molecule has 0 aliphatic rings. The van der Waals surface area contributed by atoms with E-state index in [9.17, 15) is 0 Å². The number of rotatable bonds is 4. The summed E-state index contributed by atoms with van der Waals surface area (Å²) in [6.45, 7) is 4.92. The number of benzene rings is 1. The van der Waals surface area contributed by atoms with Crippen LogP contribution in [-0.2, 0) is 0 Å². The molecule has 2 N–H and O–H groups in total. The minimum Gasteiger partial charge on any atom is -0.370 e. The Bertz CT molecular complexity index is 540. The van der Waals surface area contributed by atoms with Crippen molar-refractivity contribution in [3.8, 4) is 0 Å². The second-order valence-electron chi connectivity index (χ2n) is 4.05. The van der Waals surface area contributed by atoms with Crippen molar-refractivity contribution in [2.45, 2.75) is 13.8 Å². The van der Waals surface area contributed by atoms with Crippen molar-refractivity contribution in [2.24, 2.45) is 0 Å². The fourth-order valence-corrected chi connectivity index (χ4v) is 1.82. The average molecular weight is 262 g/mol. The molecular weight excluding hydrogens is 246 g/mol. The van der Waals surface area contributed by atoms with Gasteiger partial charge in [0.15, 0.2) is 0 Å². The van der Waals surface area contributed by atoms with Gasteiger partial charge in [-0.1, -0.05) is 23.7 Å². The molecule has 0 fully saturated rings. The Kier molecular flexibility index (Phi) is 4.05. The topological polar surface area (TPSA) is 37.0 Å². The lowest BCUT2D eigenvalue weighted by atomic mass is 10.2. The number of hydrogen-bond donors (Lipinski definition) is 2.